The van der Waals surface area contributed by atoms with Gasteiger partial charge in [0.2, 0.25) is 5.91 Å². The number of carbonyl (C=O) groups is 1. The number of aliphatic hydroxyl groups excluding tert-OH is 1. The van der Waals surface area contributed by atoms with Crippen LogP contribution in [0.3, 0.4) is 0 Å². The van der Waals surface area contributed by atoms with Crippen molar-refractivity contribution in [3.05, 3.63) is 59.7 Å². The van der Waals surface area contributed by atoms with Crippen LogP contribution < -0.4 is 10.1 Å². The molecule has 2 aromatic carbocycles. The monoisotopic (exact) mass is 327 g/mol. The molecule has 0 aliphatic heterocycles. The van der Waals surface area contributed by atoms with E-state index in [2.05, 4.69) is 5.32 Å². The molecule has 0 heterocycles. The molecule has 4 nitrogen and oxygen atoms in total. The third-order valence-corrected chi connectivity index (χ3v) is 3.98. The third kappa shape index (κ3) is 4.83. The molecule has 1 amide bonds. The zero-order chi connectivity index (χ0) is 17.5. The van der Waals surface area contributed by atoms with Gasteiger partial charge in [-0.15, -0.1) is 0 Å². The van der Waals surface area contributed by atoms with Gasteiger partial charge in [0.25, 0.3) is 0 Å². The molecule has 2 rings (SSSR count). The number of para-hydroxylation sites is 2. The zero-order valence-corrected chi connectivity index (χ0v) is 14.5. The minimum atomic E-state index is -0.618. The van der Waals surface area contributed by atoms with Crippen molar-refractivity contribution in [2.75, 3.05) is 12.4 Å². The molecule has 24 heavy (non-hydrogen) atoms. The van der Waals surface area contributed by atoms with E-state index >= 15 is 0 Å². The largest absolute Gasteiger partial charge is 0.496 e. The van der Waals surface area contributed by atoms with Crippen LogP contribution in [0, 0.1) is 5.92 Å². The Kier molecular flexibility index (Phi) is 6.38. The molecule has 0 aliphatic carbocycles. The van der Waals surface area contributed by atoms with Crippen LogP contribution in [0.5, 0.6) is 5.75 Å². The number of aliphatic hydroxyl groups is 1. The van der Waals surface area contributed by atoms with Gasteiger partial charge in [0.1, 0.15) is 5.75 Å². The first kappa shape index (κ1) is 18.0. The summed E-state index contributed by atoms with van der Waals surface area (Å²) in [6.45, 7) is 3.74. The van der Waals surface area contributed by atoms with Crippen LogP contribution in [0.4, 0.5) is 5.69 Å². The van der Waals surface area contributed by atoms with Crippen LogP contribution in [-0.2, 0) is 11.2 Å². The standard InChI is InChI=1S/C20H25NO3/c1-14(12-16-8-4-7-11-19(16)24-3)13-20(23)21-18-10-6-5-9-17(18)15(2)22/h4-11,14-15,22H,12-13H2,1-3H3,(H,21,23). The molecule has 0 radical (unpaired) electrons. The lowest BCUT2D eigenvalue weighted by atomic mass is 9.97. The number of nitrogens with one attached hydrogen (secondary N) is 1. The molecule has 128 valence electrons. The Balaban J connectivity index is 1.97. The fourth-order valence-corrected chi connectivity index (χ4v) is 2.81. The van der Waals surface area contributed by atoms with Crippen molar-refractivity contribution in [1.82, 2.24) is 0 Å². The molecular formula is C20H25NO3. The molecule has 0 fully saturated rings. The van der Waals surface area contributed by atoms with Gasteiger partial charge in [-0.25, -0.2) is 0 Å². The third-order valence-electron chi connectivity index (χ3n) is 3.98. The van der Waals surface area contributed by atoms with Gasteiger partial charge in [0, 0.05) is 17.7 Å². The van der Waals surface area contributed by atoms with Crippen LogP contribution in [-0.4, -0.2) is 18.1 Å². The summed E-state index contributed by atoms with van der Waals surface area (Å²) in [5.74, 6) is 0.981. The van der Waals surface area contributed by atoms with Crippen molar-refractivity contribution < 1.29 is 14.6 Å². The molecule has 0 spiro atoms. The Bertz CT molecular complexity index is 682. The summed E-state index contributed by atoms with van der Waals surface area (Å²) < 4.78 is 5.36. The van der Waals surface area contributed by atoms with E-state index in [-0.39, 0.29) is 11.8 Å². The van der Waals surface area contributed by atoms with Gasteiger partial charge < -0.3 is 15.2 Å². The first-order chi connectivity index (χ1) is 11.5. The lowest BCUT2D eigenvalue weighted by Gasteiger charge is -2.16. The highest BCUT2D eigenvalue weighted by Gasteiger charge is 2.14. The topological polar surface area (TPSA) is 58.6 Å². The average molecular weight is 327 g/mol. The quantitative estimate of drug-likeness (QED) is 0.809. The molecule has 0 saturated carbocycles. The molecular weight excluding hydrogens is 302 g/mol. The fourth-order valence-electron chi connectivity index (χ4n) is 2.81. The second kappa shape index (κ2) is 8.50. The van der Waals surface area contributed by atoms with E-state index in [1.54, 1.807) is 14.0 Å². The Labute approximate surface area is 143 Å². The summed E-state index contributed by atoms with van der Waals surface area (Å²) in [4.78, 5) is 12.3. The van der Waals surface area contributed by atoms with Crippen LogP contribution in [0.15, 0.2) is 48.5 Å². The highest BCUT2D eigenvalue weighted by molar-refractivity contribution is 5.91. The number of anilines is 1. The van der Waals surface area contributed by atoms with E-state index in [1.807, 2.05) is 55.5 Å². The average Bonchev–Trinajstić information content (AvgIpc) is 2.55. The van der Waals surface area contributed by atoms with Crippen LogP contribution >= 0.6 is 0 Å². The van der Waals surface area contributed by atoms with Crippen molar-refractivity contribution in [1.29, 1.82) is 0 Å². The summed E-state index contributed by atoms with van der Waals surface area (Å²) in [6.07, 6.45) is 0.564. The molecule has 2 aromatic rings. The van der Waals surface area contributed by atoms with Crippen molar-refractivity contribution in [3.63, 3.8) is 0 Å². The number of hydrogen-bond acceptors (Lipinski definition) is 3. The molecule has 2 unspecified atom stereocenters. The van der Waals surface area contributed by atoms with Crippen LogP contribution in [0.25, 0.3) is 0 Å². The summed E-state index contributed by atoms with van der Waals surface area (Å²) >= 11 is 0. The Morgan fingerprint density at radius 1 is 1.12 bits per heavy atom. The molecule has 0 saturated heterocycles. The molecule has 0 aliphatic rings. The molecule has 0 bridgehead atoms. The van der Waals surface area contributed by atoms with E-state index in [4.69, 9.17) is 4.74 Å². The predicted octanol–water partition coefficient (Wildman–Crippen LogP) is 3.96. The maximum absolute atomic E-state index is 12.3. The number of benzene rings is 2. The Morgan fingerprint density at radius 2 is 1.79 bits per heavy atom. The van der Waals surface area contributed by atoms with Crippen molar-refractivity contribution in [2.45, 2.75) is 32.8 Å². The van der Waals surface area contributed by atoms with E-state index in [1.165, 1.54) is 0 Å². The van der Waals surface area contributed by atoms with Gasteiger partial charge >= 0.3 is 0 Å². The second-order valence-corrected chi connectivity index (χ2v) is 6.14. The summed E-state index contributed by atoms with van der Waals surface area (Å²) in [7, 11) is 1.66. The summed E-state index contributed by atoms with van der Waals surface area (Å²) in [5, 5.41) is 12.7. The minimum absolute atomic E-state index is 0.0505. The highest BCUT2D eigenvalue weighted by atomic mass is 16.5. The first-order valence-corrected chi connectivity index (χ1v) is 8.20. The van der Waals surface area contributed by atoms with E-state index in [9.17, 15) is 9.90 Å². The fraction of sp³-hybridized carbons (Fsp3) is 0.350. The molecule has 2 atom stereocenters. The van der Waals surface area contributed by atoms with Gasteiger partial charge in [-0.1, -0.05) is 43.3 Å². The number of hydrogen-bond donors (Lipinski definition) is 2. The highest BCUT2D eigenvalue weighted by Crippen LogP contribution is 2.24. The maximum atomic E-state index is 12.3. The number of ether oxygens (including phenoxy) is 1. The second-order valence-electron chi connectivity index (χ2n) is 6.14. The minimum Gasteiger partial charge on any atom is -0.496 e. The van der Waals surface area contributed by atoms with Crippen LogP contribution in [0.1, 0.15) is 37.5 Å². The van der Waals surface area contributed by atoms with Gasteiger partial charge in [-0.2, -0.15) is 0 Å². The number of carbonyl (C=O) groups excluding carboxylic acids is 1. The first-order valence-electron chi connectivity index (χ1n) is 8.20. The molecule has 4 heteroatoms. The number of rotatable bonds is 7. The van der Waals surface area contributed by atoms with Gasteiger partial charge in [0.15, 0.2) is 0 Å². The van der Waals surface area contributed by atoms with Crippen LogP contribution in [0.2, 0.25) is 0 Å². The van der Waals surface area contributed by atoms with Gasteiger partial charge in [0.05, 0.1) is 13.2 Å². The predicted molar refractivity (Wildman–Crippen MR) is 96.2 cm³/mol. The summed E-state index contributed by atoms with van der Waals surface area (Å²) in [6, 6.07) is 15.2. The lowest BCUT2D eigenvalue weighted by molar-refractivity contribution is -0.116. The van der Waals surface area contributed by atoms with Gasteiger partial charge in [-0.3, -0.25) is 4.79 Å². The Morgan fingerprint density at radius 3 is 2.50 bits per heavy atom. The maximum Gasteiger partial charge on any atom is 0.224 e. The number of methoxy groups -OCH3 is 1. The van der Waals surface area contributed by atoms with Crippen molar-refractivity contribution >= 4 is 11.6 Å². The smallest absolute Gasteiger partial charge is 0.224 e. The van der Waals surface area contributed by atoms with Crippen molar-refractivity contribution in [3.8, 4) is 5.75 Å². The van der Waals surface area contributed by atoms with Crippen molar-refractivity contribution in [2.24, 2.45) is 5.92 Å². The molecule has 0 aromatic heterocycles. The zero-order valence-electron chi connectivity index (χ0n) is 14.5. The SMILES string of the molecule is COc1ccccc1CC(C)CC(=O)Nc1ccccc1C(C)O. The normalized spacial score (nSPS) is 13.2. The van der Waals surface area contributed by atoms with E-state index < -0.39 is 6.10 Å². The Hall–Kier alpha value is -2.33. The lowest BCUT2D eigenvalue weighted by Crippen LogP contribution is -2.17. The van der Waals surface area contributed by atoms with E-state index in [0.29, 0.717) is 12.1 Å². The molecule has 2 N–H and O–H groups in total. The number of amides is 1. The van der Waals surface area contributed by atoms with Gasteiger partial charge in [-0.05, 0) is 37.0 Å². The summed E-state index contributed by atoms with van der Waals surface area (Å²) in [5.41, 5.74) is 2.50. The van der Waals surface area contributed by atoms with E-state index in [0.717, 1.165) is 23.3 Å².